The van der Waals surface area contributed by atoms with Gasteiger partial charge in [0.1, 0.15) is 0 Å². The Labute approximate surface area is 154 Å². The molecule has 0 aliphatic heterocycles. The summed E-state index contributed by atoms with van der Waals surface area (Å²) in [7, 11) is 0. The van der Waals surface area contributed by atoms with Crippen LogP contribution in [0.25, 0.3) is 0 Å². The molecule has 2 aromatic rings. The van der Waals surface area contributed by atoms with Gasteiger partial charge in [-0.05, 0) is 44.7 Å². The van der Waals surface area contributed by atoms with Gasteiger partial charge >= 0.3 is 0 Å². The Hall–Kier alpha value is -2.07. The quantitative estimate of drug-likeness (QED) is 0.553. The number of thioether (sulfide) groups is 1. The van der Waals surface area contributed by atoms with Crippen molar-refractivity contribution in [2.45, 2.75) is 39.4 Å². The Morgan fingerprint density at radius 1 is 1.04 bits per heavy atom. The fraction of sp³-hybridized carbons (Fsp3) is 0.333. The number of hydrazone groups is 1. The molecule has 25 heavy (non-hydrogen) atoms. The first-order chi connectivity index (χ1) is 12.0. The second kappa shape index (κ2) is 10.0. The normalized spacial score (nSPS) is 11.4. The van der Waals surface area contributed by atoms with Gasteiger partial charge in [0.25, 0.3) is 0 Å². The highest BCUT2D eigenvalue weighted by atomic mass is 32.2. The van der Waals surface area contributed by atoms with Crippen LogP contribution in [-0.2, 0) is 17.0 Å². The first kappa shape index (κ1) is 19.3. The highest BCUT2D eigenvalue weighted by Crippen LogP contribution is 2.15. The van der Waals surface area contributed by atoms with E-state index < -0.39 is 0 Å². The summed E-state index contributed by atoms with van der Waals surface area (Å²) in [5.74, 6) is 1.21. The summed E-state index contributed by atoms with van der Waals surface area (Å²) in [5.41, 5.74) is 8.67. The molecule has 0 unspecified atom stereocenters. The van der Waals surface area contributed by atoms with Gasteiger partial charge in [-0.2, -0.15) is 5.10 Å². The fourth-order valence-electron chi connectivity index (χ4n) is 2.63. The van der Waals surface area contributed by atoms with Crippen molar-refractivity contribution in [2.75, 3.05) is 5.75 Å². The fourth-order valence-corrected chi connectivity index (χ4v) is 3.38. The molecular weight excluding hydrogens is 328 g/mol. The molecule has 2 rings (SSSR count). The smallest absolute Gasteiger partial charge is 0.250 e. The number of hydrogen-bond donors (Lipinski definition) is 1. The predicted molar refractivity (Wildman–Crippen MR) is 108 cm³/mol. The van der Waals surface area contributed by atoms with E-state index in [9.17, 15) is 4.79 Å². The van der Waals surface area contributed by atoms with E-state index in [2.05, 4.69) is 54.7 Å². The first-order valence-corrected chi connectivity index (χ1v) is 9.69. The molecule has 4 heteroatoms. The highest BCUT2D eigenvalue weighted by molar-refractivity contribution is 7.99. The largest absolute Gasteiger partial charge is 0.272 e. The van der Waals surface area contributed by atoms with E-state index in [4.69, 9.17) is 0 Å². The van der Waals surface area contributed by atoms with Crippen LogP contribution in [0.4, 0.5) is 0 Å². The number of benzene rings is 2. The average Bonchev–Trinajstić information content (AvgIpc) is 2.58. The third-order valence-corrected chi connectivity index (χ3v) is 4.78. The average molecular weight is 355 g/mol. The maximum Gasteiger partial charge on any atom is 0.250 e. The zero-order valence-corrected chi connectivity index (χ0v) is 16.0. The maximum atomic E-state index is 11.9. The van der Waals surface area contributed by atoms with E-state index in [1.165, 1.54) is 22.3 Å². The van der Waals surface area contributed by atoms with E-state index >= 15 is 0 Å². The van der Waals surface area contributed by atoms with Gasteiger partial charge in [-0.25, -0.2) is 5.43 Å². The highest BCUT2D eigenvalue weighted by Gasteiger charge is 2.03. The Kier molecular flexibility index (Phi) is 7.74. The number of rotatable bonds is 8. The van der Waals surface area contributed by atoms with Crippen molar-refractivity contribution in [1.29, 1.82) is 0 Å². The number of nitrogens with zero attached hydrogens (tertiary/aromatic N) is 1. The third-order valence-electron chi connectivity index (χ3n) is 3.77. The molecule has 3 nitrogen and oxygen atoms in total. The van der Waals surface area contributed by atoms with Gasteiger partial charge in [0, 0.05) is 11.5 Å². The molecule has 0 aromatic heterocycles. The lowest BCUT2D eigenvalue weighted by Gasteiger charge is -2.05. The topological polar surface area (TPSA) is 41.5 Å². The molecule has 0 saturated heterocycles. The van der Waals surface area contributed by atoms with Crippen LogP contribution in [0.1, 0.15) is 35.6 Å². The monoisotopic (exact) mass is 354 g/mol. The lowest BCUT2D eigenvalue weighted by Crippen LogP contribution is -2.21. The van der Waals surface area contributed by atoms with E-state index in [-0.39, 0.29) is 5.91 Å². The molecule has 0 atom stereocenters. The summed E-state index contributed by atoms with van der Waals surface area (Å²) in [4.78, 5) is 11.9. The van der Waals surface area contributed by atoms with Crippen molar-refractivity contribution in [2.24, 2.45) is 5.10 Å². The van der Waals surface area contributed by atoms with Gasteiger partial charge in [-0.15, -0.1) is 11.8 Å². The molecule has 1 N–H and O–H groups in total. The van der Waals surface area contributed by atoms with E-state index in [1.807, 2.05) is 25.1 Å². The van der Waals surface area contributed by atoms with Gasteiger partial charge in [0.05, 0.1) is 5.75 Å². The molecule has 0 radical (unpaired) electrons. The molecule has 0 saturated carbocycles. The van der Waals surface area contributed by atoms with Crippen LogP contribution in [0.2, 0.25) is 0 Å². The van der Waals surface area contributed by atoms with Crippen LogP contribution in [0.3, 0.4) is 0 Å². The molecular formula is C21H26N2OS. The number of amides is 1. The van der Waals surface area contributed by atoms with Crippen molar-refractivity contribution in [3.05, 3.63) is 70.8 Å². The maximum absolute atomic E-state index is 11.9. The molecule has 0 bridgehead atoms. The molecule has 132 valence electrons. The van der Waals surface area contributed by atoms with Crippen LogP contribution >= 0.6 is 11.8 Å². The van der Waals surface area contributed by atoms with Crippen LogP contribution in [0.15, 0.2) is 53.6 Å². The standard InChI is InChI=1S/C21H26N2OS/c1-16-11-17(2)13-20(12-16)14-25-15-21(24)23-22-18(3)9-10-19-7-5-4-6-8-19/h4-8,11-13H,9-10,14-15H2,1-3H3,(H,23,24)/b22-18-. The van der Waals surface area contributed by atoms with Gasteiger partial charge in [-0.1, -0.05) is 59.7 Å². The van der Waals surface area contributed by atoms with Crippen molar-refractivity contribution in [3.63, 3.8) is 0 Å². The van der Waals surface area contributed by atoms with E-state index in [1.54, 1.807) is 11.8 Å². The summed E-state index contributed by atoms with van der Waals surface area (Å²) < 4.78 is 0. The second-order valence-corrected chi connectivity index (χ2v) is 7.34. The van der Waals surface area contributed by atoms with Crippen molar-refractivity contribution in [1.82, 2.24) is 5.43 Å². The zero-order valence-electron chi connectivity index (χ0n) is 15.2. The minimum absolute atomic E-state index is 0.0477. The van der Waals surface area contributed by atoms with Crippen LogP contribution in [0.5, 0.6) is 0 Å². The minimum atomic E-state index is -0.0477. The third kappa shape index (κ3) is 7.57. The SMILES string of the molecule is C/C(CCc1ccccc1)=N/NC(=O)CSCc1cc(C)cc(C)c1. The summed E-state index contributed by atoms with van der Waals surface area (Å²) in [6, 6.07) is 16.8. The molecule has 1 amide bonds. The Morgan fingerprint density at radius 3 is 2.40 bits per heavy atom. The minimum Gasteiger partial charge on any atom is -0.272 e. The molecule has 2 aromatic carbocycles. The van der Waals surface area contributed by atoms with Crippen LogP contribution < -0.4 is 5.43 Å². The lowest BCUT2D eigenvalue weighted by molar-refractivity contribution is -0.118. The van der Waals surface area contributed by atoms with Gasteiger partial charge < -0.3 is 0 Å². The number of aryl methyl sites for hydroxylation is 3. The van der Waals surface area contributed by atoms with E-state index in [0.29, 0.717) is 5.75 Å². The number of carbonyl (C=O) groups is 1. The molecule has 0 spiro atoms. The molecule has 0 aliphatic rings. The molecule has 0 aliphatic carbocycles. The summed E-state index contributed by atoms with van der Waals surface area (Å²) in [6.07, 6.45) is 1.79. The zero-order chi connectivity index (χ0) is 18.1. The Morgan fingerprint density at radius 2 is 1.72 bits per heavy atom. The molecule has 0 fully saturated rings. The van der Waals surface area contributed by atoms with Crippen molar-refractivity contribution < 1.29 is 4.79 Å². The van der Waals surface area contributed by atoms with Gasteiger partial charge in [-0.3, -0.25) is 4.79 Å². The van der Waals surface area contributed by atoms with Gasteiger partial charge in [0.15, 0.2) is 0 Å². The van der Waals surface area contributed by atoms with Crippen molar-refractivity contribution >= 4 is 23.4 Å². The Bertz CT molecular complexity index is 706. The van der Waals surface area contributed by atoms with Gasteiger partial charge in [0.2, 0.25) is 5.91 Å². The number of nitrogens with one attached hydrogen (secondary N) is 1. The van der Waals surface area contributed by atoms with Crippen LogP contribution in [0, 0.1) is 13.8 Å². The molecule has 0 heterocycles. The number of carbonyl (C=O) groups excluding carboxylic acids is 1. The Balaban J connectivity index is 1.69. The second-order valence-electron chi connectivity index (χ2n) is 6.36. The van der Waals surface area contributed by atoms with E-state index in [0.717, 1.165) is 24.3 Å². The van der Waals surface area contributed by atoms with Crippen molar-refractivity contribution in [3.8, 4) is 0 Å². The lowest BCUT2D eigenvalue weighted by atomic mass is 10.1. The first-order valence-electron chi connectivity index (χ1n) is 8.54. The number of hydrogen-bond acceptors (Lipinski definition) is 3. The predicted octanol–water partition coefficient (Wildman–Crippen LogP) is 4.66. The van der Waals surface area contributed by atoms with Crippen LogP contribution in [-0.4, -0.2) is 17.4 Å². The summed E-state index contributed by atoms with van der Waals surface area (Å²) in [5, 5.41) is 4.20. The summed E-state index contributed by atoms with van der Waals surface area (Å²) in [6.45, 7) is 6.15. The summed E-state index contributed by atoms with van der Waals surface area (Å²) >= 11 is 1.61.